The van der Waals surface area contributed by atoms with E-state index in [-0.39, 0.29) is 19.5 Å². The van der Waals surface area contributed by atoms with E-state index in [9.17, 15) is 21.6 Å². The van der Waals surface area contributed by atoms with Gasteiger partial charge in [-0.3, -0.25) is 4.31 Å². The minimum atomic E-state index is -4.88. The first-order valence-electron chi connectivity index (χ1n) is 5.15. The quantitative estimate of drug-likeness (QED) is 0.860. The Balaban J connectivity index is 3.18. The van der Waals surface area contributed by atoms with Gasteiger partial charge in [0.1, 0.15) is 5.82 Å². The van der Waals surface area contributed by atoms with Crippen LogP contribution in [0, 0.1) is 5.82 Å². The molecule has 1 rings (SSSR count). The summed E-state index contributed by atoms with van der Waals surface area (Å²) in [5.41, 5.74) is 4.81. The molecule has 0 atom stereocenters. The van der Waals surface area contributed by atoms with Crippen LogP contribution in [-0.4, -0.2) is 27.3 Å². The molecule has 0 saturated heterocycles. The van der Waals surface area contributed by atoms with Gasteiger partial charge in [-0.2, -0.15) is 8.78 Å². The number of benzene rings is 1. The number of halogens is 3. The number of sulfonamides is 1. The molecule has 0 aliphatic carbocycles. The molecule has 0 saturated carbocycles. The minimum absolute atomic E-state index is 0.115. The minimum Gasteiger partial charge on any atom is -0.330 e. The zero-order valence-corrected chi connectivity index (χ0v) is 10.2. The maximum Gasteiger partial charge on any atom is 0.355 e. The zero-order chi connectivity index (χ0) is 13.8. The van der Waals surface area contributed by atoms with Crippen molar-refractivity contribution in [1.29, 1.82) is 0 Å². The smallest absolute Gasteiger partial charge is 0.330 e. The van der Waals surface area contributed by atoms with Crippen LogP contribution in [-0.2, 0) is 10.0 Å². The largest absolute Gasteiger partial charge is 0.355 e. The molecular weight excluding hydrogens is 269 g/mol. The number of hydrogen-bond donors (Lipinski definition) is 1. The summed E-state index contributed by atoms with van der Waals surface area (Å²) in [6.45, 7) is -0.173. The Hall–Kier alpha value is -1.28. The fourth-order valence-electron chi connectivity index (χ4n) is 1.37. The first-order valence-corrected chi connectivity index (χ1v) is 6.66. The van der Waals surface area contributed by atoms with Crippen molar-refractivity contribution in [2.24, 2.45) is 5.73 Å². The Morgan fingerprint density at radius 3 is 2.39 bits per heavy atom. The molecule has 2 N–H and O–H groups in total. The molecule has 0 bridgehead atoms. The van der Waals surface area contributed by atoms with E-state index >= 15 is 0 Å². The lowest BCUT2D eigenvalue weighted by Gasteiger charge is -2.24. The molecule has 0 fully saturated rings. The summed E-state index contributed by atoms with van der Waals surface area (Å²) in [5, 5.41) is 0. The highest BCUT2D eigenvalue weighted by atomic mass is 32.2. The van der Waals surface area contributed by atoms with Crippen LogP contribution in [0.4, 0.5) is 18.9 Å². The third-order valence-electron chi connectivity index (χ3n) is 2.22. The van der Waals surface area contributed by atoms with Crippen molar-refractivity contribution in [3.63, 3.8) is 0 Å². The standard InChI is InChI=1S/C10H13F3N2O2S/c11-8-4-1-2-5-9(8)15(7-3-6-14)18(16,17)10(12)13/h1-2,4-5,10H,3,6-7,14H2. The fraction of sp³-hybridized carbons (Fsp3) is 0.400. The van der Waals surface area contributed by atoms with Crippen molar-refractivity contribution in [2.45, 2.75) is 12.2 Å². The van der Waals surface area contributed by atoms with E-state index in [4.69, 9.17) is 5.73 Å². The number of hydrogen-bond acceptors (Lipinski definition) is 3. The van der Waals surface area contributed by atoms with Crippen LogP contribution in [0.2, 0.25) is 0 Å². The maximum atomic E-state index is 13.5. The lowest BCUT2D eigenvalue weighted by Crippen LogP contribution is -2.37. The Labute approximate surface area is 103 Å². The molecule has 0 spiro atoms. The molecule has 0 aromatic heterocycles. The normalized spacial score (nSPS) is 11.8. The van der Waals surface area contributed by atoms with Crippen LogP contribution < -0.4 is 10.0 Å². The zero-order valence-electron chi connectivity index (χ0n) is 9.39. The average Bonchev–Trinajstić information content (AvgIpc) is 2.31. The van der Waals surface area contributed by atoms with E-state index in [1.807, 2.05) is 0 Å². The van der Waals surface area contributed by atoms with Gasteiger partial charge in [-0.05, 0) is 25.1 Å². The van der Waals surface area contributed by atoms with Gasteiger partial charge in [0.05, 0.1) is 5.69 Å². The van der Waals surface area contributed by atoms with Crippen molar-refractivity contribution in [1.82, 2.24) is 0 Å². The summed E-state index contributed by atoms with van der Waals surface area (Å²) in [4.78, 5) is 0. The van der Waals surface area contributed by atoms with Gasteiger partial charge >= 0.3 is 5.76 Å². The molecule has 1 aromatic carbocycles. The molecular formula is C10H13F3N2O2S. The van der Waals surface area contributed by atoms with Crippen molar-refractivity contribution in [3.05, 3.63) is 30.1 Å². The summed E-state index contributed by atoms with van der Waals surface area (Å²) in [6.07, 6.45) is 0.153. The van der Waals surface area contributed by atoms with Gasteiger partial charge in [-0.25, -0.2) is 12.8 Å². The first kappa shape index (κ1) is 14.8. The Bertz CT molecular complexity index is 494. The van der Waals surface area contributed by atoms with Crippen LogP contribution in [0.3, 0.4) is 0 Å². The molecule has 0 radical (unpaired) electrons. The molecule has 0 amide bonds. The number of nitrogens with zero attached hydrogens (tertiary/aromatic N) is 1. The number of nitrogens with two attached hydrogens (primary N) is 1. The van der Waals surface area contributed by atoms with Crippen molar-refractivity contribution in [2.75, 3.05) is 17.4 Å². The van der Waals surface area contributed by atoms with Gasteiger partial charge in [-0.15, -0.1) is 0 Å². The van der Waals surface area contributed by atoms with Crippen molar-refractivity contribution < 1.29 is 21.6 Å². The number of alkyl halides is 2. The average molecular weight is 282 g/mol. The van der Waals surface area contributed by atoms with Gasteiger partial charge in [0.15, 0.2) is 0 Å². The van der Waals surface area contributed by atoms with Crippen molar-refractivity contribution >= 4 is 15.7 Å². The van der Waals surface area contributed by atoms with Crippen LogP contribution in [0.15, 0.2) is 24.3 Å². The highest BCUT2D eigenvalue weighted by molar-refractivity contribution is 7.93. The monoisotopic (exact) mass is 282 g/mol. The maximum absolute atomic E-state index is 13.5. The van der Waals surface area contributed by atoms with Crippen molar-refractivity contribution in [3.8, 4) is 0 Å². The van der Waals surface area contributed by atoms with Gasteiger partial charge in [-0.1, -0.05) is 12.1 Å². The van der Waals surface area contributed by atoms with Crippen LogP contribution in [0.1, 0.15) is 6.42 Å². The van der Waals surface area contributed by atoms with Gasteiger partial charge in [0.25, 0.3) is 10.0 Å². The van der Waals surface area contributed by atoms with Crippen LogP contribution in [0.5, 0.6) is 0 Å². The van der Waals surface area contributed by atoms with E-state index in [0.29, 0.717) is 4.31 Å². The summed E-state index contributed by atoms with van der Waals surface area (Å²) in [7, 11) is -4.88. The lowest BCUT2D eigenvalue weighted by molar-refractivity contribution is 0.234. The highest BCUT2D eigenvalue weighted by Gasteiger charge is 2.33. The Morgan fingerprint density at radius 2 is 1.89 bits per heavy atom. The lowest BCUT2D eigenvalue weighted by atomic mass is 10.3. The summed E-state index contributed by atoms with van der Waals surface area (Å²) in [6, 6.07) is 4.85. The summed E-state index contributed by atoms with van der Waals surface area (Å²) < 4.78 is 61.8. The molecule has 8 heteroatoms. The van der Waals surface area contributed by atoms with E-state index in [1.165, 1.54) is 12.1 Å². The highest BCUT2D eigenvalue weighted by Crippen LogP contribution is 2.25. The molecule has 4 nitrogen and oxygen atoms in total. The number of para-hydroxylation sites is 1. The van der Waals surface area contributed by atoms with Gasteiger partial charge in [0.2, 0.25) is 0 Å². The topological polar surface area (TPSA) is 63.4 Å². The third kappa shape index (κ3) is 3.14. The second-order valence-corrected chi connectivity index (χ2v) is 5.30. The molecule has 0 aliphatic heterocycles. The molecule has 18 heavy (non-hydrogen) atoms. The summed E-state index contributed by atoms with van der Waals surface area (Å²) >= 11 is 0. The predicted octanol–water partition coefficient (Wildman–Crippen LogP) is 1.53. The van der Waals surface area contributed by atoms with Crippen LogP contribution in [0.25, 0.3) is 0 Å². The first-order chi connectivity index (χ1) is 8.41. The Kier molecular flexibility index (Phi) is 4.97. The summed E-state index contributed by atoms with van der Waals surface area (Å²) in [5.74, 6) is -4.48. The van der Waals surface area contributed by atoms with E-state index in [0.717, 1.165) is 12.1 Å². The fourth-order valence-corrected chi connectivity index (χ4v) is 2.37. The van der Waals surface area contributed by atoms with Crippen LogP contribution >= 0.6 is 0 Å². The number of anilines is 1. The molecule has 0 aliphatic rings. The SMILES string of the molecule is NCCCN(c1ccccc1F)S(=O)(=O)C(F)F. The van der Waals surface area contributed by atoms with E-state index < -0.39 is 27.3 Å². The molecule has 1 aromatic rings. The molecule has 0 heterocycles. The van der Waals surface area contributed by atoms with E-state index in [1.54, 1.807) is 0 Å². The predicted molar refractivity (Wildman–Crippen MR) is 62.3 cm³/mol. The Morgan fingerprint density at radius 1 is 1.28 bits per heavy atom. The van der Waals surface area contributed by atoms with Gasteiger partial charge < -0.3 is 5.73 Å². The molecule has 102 valence electrons. The third-order valence-corrected chi connectivity index (χ3v) is 3.66. The second-order valence-electron chi connectivity index (χ2n) is 3.47. The number of rotatable bonds is 6. The molecule has 0 unspecified atom stereocenters. The second kappa shape index (κ2) is 6.05. The van der Waals surface area contributed by atoms with Gasteiger partial charge in [0, 0.05) is 6.54 Å². The van der Waals surface area contributed by atoms with E-state index in [2.05, 4.69) is 0 Å².